The minimum Gasteiger partial charge on any atom is -0.383 e. The molecule has 1 aromatic carbocycles. The van der Waals surface area contributed by atoms with Crippen LogP contribution in [0.1, 0.15) is 25.7 Å². The summed E-state index contributed by atoms with van der Waals surface area (Å²) in [5.74, 6) is 1.27. The molecule has 0 amide bonds. The first-order chi connectivity index (χ1) is 8.92. The van der Waals surface area contributed by atoms with Crippen molar-refractivity contribution in [1.82, 2.24) is 0 Å². The third kappa shape index (κ3) is 3.84. The Morgan fingerprint density at radius 2 is 1.94 bits per heavy atom. The van der Waals surface area contributed by atoms with Crippen LogP contribution in [0.2, 0.25) is 0 Å². The van der Waals surface area contributed by atoms with E-state index in [9.17, 15) is 0 Å². The second-order valence-corrected chi connectivity index (χ2v) is 5.82. The van der Waals surface area contributed by atoms with Crippen LogP contribution >= 0.6 is 11.8 Å². The van der Waals surface area contributed by atoms with Crippen molar-refractivity contribution in [2.75, 3.05) is 41.9 Å². The van der Waals surface area contributed by atoms with Crippen molar-refractivity contribution in [2.45, 2.75) is 25.7 Å². The highest BCUT2D eigenvalue weighted by Crippen LogP contribution is 2.28. The van der Waals surface area contributed by atoms with Crippen molar-refractivity contribution in [3.05, 3.63) is 24.3 Å². The van der Waals surface area contributed by atoms with Gasteiger partial charge in [0.1, 0.15) is 0 Å². The molecule has 100 valence electrons. The van der Waals surface area contributed by atoms with Gasteiger partial charge in [-0.3, -0.25) is 0 Å². The highest BCUT2D eigenvalue weighted by molar-refractivity contribution is 7.98. The van der Waals surface area contributed by atoms with Gasteiger partial charge in [0.15, 0.2) is 0 Å². The fraction of sp³-hybridized carbons (Fsp3) is 0.600. The maximum atomic E-state index is 3.60. The third-order valence-electron chi connectivity index (χ3n) is 3.44. The van der Waals surface area contributed by atoms with Gasteiger partial charge < -0.3 is 10.2 Å². The molecule has 18 heavy (non-hydrogen) atoms. The summed E-state index contributed by atoms with van der Waals surface area (Å²) in [5, 5.41) is 3.60. The smallest absolute Gasteiger partial charge is 0.0602 e. The van der Waals surface area contributed by atoms with Crippen LogP contribution in [0, 0.1) is 0 Å². The van der Waals surface area contributed by atoms with Crippen LogP contribution < -0.4 is 10.2 Å². The van der Waals surface area contributed by atoms with E-state index in [1.807, 2.05) is 11.8 Å². The van der Waals surface area contributed by atoms with E-state index in [1.165, 1.54) is 55.9 Å². The maximum Gasteiger partial charge on any atom is 0.0602 e. The zero-order chi connectivity index (χ0) is 12.6. The molecule has 3 heteroatoms. The zero-order valence-corrected chi connectivity index (χ0v) is 12.1. The van der Waals surface area contributed by atoms with Gasteiger partial charge in [0, 0.05) is 19.6 Å². The molecule has 1 heterocycles. The summed E-state index contributed by atoms with van der Waals surface area (Å²) in [7, 11) is 0. The number of anilines is 2. The third-order valence-corrected chi connectivity index (χ3v) is 4.14. The van der Waals surface area contributed by atoms with Gasteiger partial charge in [-0.15, -0.1) is 0 Å². The lowest BCUT2D eigenvalue weighted by molar-refractivity contribution is 0.842. The highest BCUT2D eigenvalue weighted by atomic mass is 32.2. The van der Waals surface area contributed by atoms with E-state index in [2.05, 4.69) is 40.7 Å². The maximum absolute atomic E-state index is 3.60. The molecule has 1 N–H and O–H groups in total. The summed E-state index contributed by atoms with van der Waals surface area (Å²) in [6.07, 6.45) is 7.41. The number of hydrogen-bond donors (Lipinski definition) is 1. The number of nitrogens with zero attached hydrogens (tertiary/aromatic N) is 1. The number of rotatable bonds is 7. The predicted molar refractivity (Wildman–Crippen MR) is 84.0 cm³/mol. The van der Waals surface area contributed by atoms with Crippen molar-refractivity contribution < 1.29 is 0 Å². The molecule has 1 aliphatic rings. The minimum atomic E-state index is 1.09. The Morgan fingerprint density at radius 1 is 1.17 bits per heavy atom. The summed E-state index contributed by atoms with van der Waals surface area (Å²) in [4.78, 5) is 2.50. The lowest BCUT2D eigenvalue weighted by Crippen LogP contribution is -2.19. The first-order valence-corrected chi connectivity index (χ1v) is 8.38. The minimum absolute atomic E-state index is 1.09. The fourth-order valence-corrected chi connectivity index (χ4v) is 2.94. The van der Waals surface area contributed by atoms with E-state index in [-0.39, 0.29) is 0 Å². The van der Waals surface area contributed by atoms with E-state index in [0.29, 0.717) is 0 Å². The number of para-hydroxylation sites is 2. The zero-order valence-electron chi connectivity index (χ0n) is 11.3. The number of hydrogen-bond acceptors (Lipinski definition) is 3. The molecule has 1 aromatic rings. The van der Waals surface area contributed by atoms with Crippen molar-refractivity contribution in [1.29, 1.82) is 0 Å². The van der Waals surface area contributed by atoms with E-state index in [4.69, 9.17) is 0 Å². The molecule has 2 rings (SSSR count). The Kier molecular flexibility index (Phi) is 5.72. The summed E-state index contributed by atoms with van der Waals surface area (Å²) in [6.45, 7) is 3.52. The van der Waals surface area contributed by atoms with Crippen molar-refractivity contribution >= 4 is 23.1 Å². The van der Waals surface area contributed by atoms with Crippen LogP contribution in [0.4, 0.5) is 11.4 Å². The summed E-state index contributed by atoms with van der Waals surface area (Å²) in [6, 6.07) is 8.73. The lowest BCUT2D eigenvalue weighted by atomic mass is 10.2. The molecule has 1 saturated heterocycles. The topological polar surface area (TPSA) is 15.3 Å². The van der Waals surface area contributed by atoms with Crippen LogP contribution in [0.5, 0.6) is 0 Å². The summed E-state index contributed by atoms with van der Waals surface area (Å²) < 4.78 is 0. The molecule has 0 aromatic heterocycles. The molecule has 2 nitrogen and oxygen atoms in total. The van der Waals surface area contributed by atoms with Gasteiger partial charge in [-0.2, -0.15) is 11.8 Å². The van der Waals surface area contributed by atoms with Gasteiger partial charge in [0.05, 0.1) is 11.4 Å². The van der Waals surface area contributed by atoms with Gasteiger partial charge in [-0.25, -0.2) is 0 Å². The van der Waals surface area contributed by atoms with Crippen LogP contribution in [0.3, 0.4) is 0 Å². The predicted octanol–water partition coefficient (Wildman–Crippen LogP) is 3.84. The van der Waals surface area contributed by atoms with E-state index in [1.54, 1.807) is 0 Å². The van der Waals surface area contributed by atoms with Gasteiger partial charge in [0.2, 0.25) is 0 Å². The average Bonchev–Trinajstić information content (AvgIpc) is 2.93. The van der Waals surface area contributed by atoms with Crippen LogP contribution in [0.25, 0.3) is 0 Å². The Balaban J connectivity index is 1.86. The van der Waals surface area contributed by atoms with E-state index in [0.717, 1.165) is 6.54 Å². The summed E-state index contributed by atoms with van der Waals surface area (Å²) in [5.41, 5.74) is 2.70. The SMILES string of the molecule is CSCCCCNc1ccccc1N1CCCC1. The standard InChI is InChI=1S/C15H24N2S/c1-18-13-7-4-10-16-14-8-2-3-9-15(14)17-11-5-6-12-17/h2-3,8-9,16H,4-7,10-13H2,1H3. The number of nitrogens with one attached hydrogen (secondary N) is 1. The van der Waals surface area contributed by atoms with Crippen LogP contribution in [-0.2, 0) is 0 Å². The molecular weight excluding hydrogens is 240 g/mol. The average molecular weight is 264 g/mol. The second-order valence-electron chi connectivity index (χ2n) is 4.84. The molecule has 0 spiro atoms. The monoisotopic (exact) mass is 264 g/mol. The number of unbranched alkanes of at least 4 members (excludes halogenated alkanes) is 1. The molecule has 0 radical (unpaired) electrons. The molecule has 0 bridgehead atoms. The number of benzene rings is 1. The molecule has 0 atom stereocenters. The molecule has 1 fully saturated rings. The Hall–Kier alpha value is -0.830. The molecule has 0 unspecified atom stereocenters. The highest BCUT2D eigenvalue weighted by Gasteiger charge is 2.14. The van der Waals surface area contributed by atoms with Crippen molar-refractivity contribution in [2.24, 2.45) is 0 Å². The lowest BCUT2D eigenvalue weighted by Gasteiger charge is -2.22. The number of thioether (sulfide) groups is 1. The normalized spacial score (nSPS) is 15.1. The van der Waals surface area contributed by atoms with Crippen molar-refractivity contribution in [3.8, 4) is 0 Å². The molecule has 1 aliphatic heterocycles. The quantitative estimate of drug-likeness (QED) is 0.753. The largest absolute Gasteiger partial charge is 0.383 e. The van der Waals surface area contributed by atoms with Gasteiger partial charge in [-0.1, -0.05) is 12.1 Å². The van der Waals surface area contributed by atoms with Gasteiger partial charge in [-0.05, 0) is 49.8 Å². The van der Waals surface area contributed by atoms with E-state index >= 15 is 0 Å². The molecule has 0 saturated carbocycles. The van der Waals surface area contributed by atoms with Crippen LogP contribution in [0.15, 0.2) is 24.3 Å². The first-order valence-electron chi connectivity index (χ1n) is 6.98. The Bertz CT molecular complexity index is 348. The molecule has 0 aliphatic carbocycles. The van der Waals surface area contributed by atoms with Gasteiger partial charge >= 0.3 is 0 Å². The van der Waals surface area contributed by atoms with Crippen molar-refractivity contribution in [3.63, 3.8) is 0 Å². The first kappa shape index (κ1) is 13.6. The molecular formula is C15H24N2S. The van der Waals surface area contributed by atoms with Gasteiger partial charge in [0.25, 0.3) is 0 Å². The summed E-state index contributed by atoms with van der Waals surface area (Å²) >= 11 is 1.94. The fourth-order valence-electron chi connectivity index (χ4n) is 2.45. The van der Waals surface area contributed by atoms with E-state index < -0.39 is 0 Å². The Labute approximate surface area is 115 Å². The Morgan fingerprint density at radius 3 is 2.72 bits per heavy atom. The van der Waals surface area contributed by atoms with Crippen LogP contribution in [-0.4, -0.2) is 31.6 Å². The second kappa shape index (κ2) is 7.57.